The van der Waals surface area contributed by atoms with E-state index in [1.807, 2.05) is 23.1 Å². The largest absolute Gasteiger partial charge is 0.494 e. The Hall–Kier alpha value is -4.26. The van der Waals surface area contributed by atoms with Crippen LogP contribution in [0.1, 0.15) is 49.5 Å². The normalized spacial score (nSPS) is 19.8. The second-order valence-electron chi connectivity index (χ2n) is 11.2. The first-order valence-electron chi connectivity index (χ1n) is 14.7. The molecule has 3 aromatic rings. The summed E-state index contributed by atoms with van der Waals surface area (Å²) < 4.78 is 7.27. The third-order valence-corrected chi connectivity index (χ3v) is 8.61. The molecule has 0 spiro atoms. The van der Waals surface area contributed by atoms with Gasteiger partial charge in [0.2, 0.25) is 11.9 Å². The van der Waals surface area contributed by atoms with E-state index in [0.29, 0.717) is 54.3 Å². The average Bonchev–Trinajstić information content (AvgIpc) is 3.72. The van der Waals surface area contributed by atoms with Gasteiger partial charge in [-0.15, -0.1) is 5.10 Å². The van der Waals surface area contributed by atoms with Gasteiger partial charge in [-0.05, 0) is 38.4 Å². The van der Waals surface area contributed by atoms with Crippen molar-refractivity contribution < 1.29 is 14.3 Å². The molecule has 1 aromatic carbocycles. The van der Waals surface area contributed by atoms with Crippen molar-refractivity contribution in [2.45, 2.75) is 51.1 Å². The molecule has 13 heteroatoms. The van der Waals surface area contributed by atoms with Crippen molar-refractivity contribution in [1.29, 1.82) is 0 Å². The monoisotopic (exact) mass is 574 g/mol. The average molecular weight is 575 g/mol. The van der Waals surface area contributed by atoms with Crippen LogP contribution in [-0.2, 0) is 4.79 Å². The number of anilines is 4. The fourth-order valence-electron chi connectivity index (χ4n) is 6.15. The van der Waals surface area contributed by atoms with Crippen LogP contribution in [0.2, 0.25) is 0 Å². The predicted octanol–water partition coefficient (Wildman–Crippen LogP) is 2.70. The molecule has 1 N–H and O–H groups in total. The summed E-state index contributed by atoms with van der Waals surface area (Å²) in [5, 5.41) is 11.6. The Labute approximate surface area is 245 Å². The highest BCUT2D eigenvalue weighted by molar-refractivity contribution is 6.04. The van der Waals surface area contributed by atoms with Crippen LogP contribution in [0, 0.1) is 0 Å². The van der Waals surface area contributed by atoms with E-state index in [1.165, 1.54) is 0 Å². The number of rotatable bonds is 7. The minimum atomic E-state index is -0.238. The van der Waals surface area contributed by atoms with Crippen LogP contribution in [0.4, 0.5) is 23.1 Å². The van der Waals surface area contributed by atoms with Crippen LogP contribution >= 0.6 is 0 Å². The summed E-state index contributed by atoms with van der Waals surface area (Å²) >= 11 is 0. The lowest BCUT2D eigenvalue weighted by molar-refractivity contribution is -0.120. The Morgan fingerprint density at radius 1 is 1.12 bits per heavy atom. The van der Waals surface area contributed by atoms with Crippen LogP contribution in [0.3, 0.4) is 0 Å². The summed E-state index contributed by atoms with van der Waals surface area (Å²) in [7, 11) is 5.44. The number of ether oxygens (including phenoxy) is 1. The highest BCUT2D eigenvalue weighted by Crippen LogP contribution is 2.40. The van der Waals surface area contributed by atoms with E-state index in [1.54, 1.807) is 36.1 Å². The second-order valence-corrected chi connectivity index (χ2v) is 11.2. The van der Waals surface area contributed by atoms with Crippen molar-refractivity contribution in [1.82, 2.24) is 34.8 Å². The topological polar surface area (TPSA) is 125 Å². The Balaban J connectivity index is 1.24. The van der Waals surface area contributed by atoms with Crippen LogP contribution in [0.5, 0.6) is 5.75 Å². The summed E-state index contributed by atoms with van der Waals surface area (Å²) in [6.07, 6.45) is 8.51. The van der Waals surface area contributed by atoms with E-state index < -0.39 is 0 Å². The molecule has 2 aliphatic heterocycles. The number of hydrogen-bond acceptors (Lipinski definition) is 10. The molecule has 2 amide bonds. The van der Waals surface area contributed by atoms with Gasteiger partial charge in [-0.2, -0.15) is 4.98 Å². The molecule has 3 aliphatic rings. The van der Waals surface area contributed by atoms with Crippen LogP contribution in [-0.4, -0.2) is 106 Å². The van der Waals surface area contributed by atoms with Gasteiger partial charge in [-0.25, -0.2) is 9.67 Å². The van der Waals surface area contributed by atoms with Crippen molar-refractivity contribution in [3.8, 4) is 11.4 Å². The van der Waals surface area contributed by atoms with Gasteiger partial charge in [0.15, 0.2) is 11.5 Å². The number of hydrogen-bond donors (Lipinski definition) is 1. The number of likely N-dealkylation sites (N-methyl/N-ethyl adjacent to an activating group) is 2. The molecule has 2 fully saturated rings. The van der Waals surface area contributed by atoms with E-state index in [0.717, 1.165) is 50.3 Å². The van der Waals surface area contributed by atoms with Crippen molar-refractivity contribution in [3.63, 3.8) is 0 Å². The molecule has 1 aliphatic carbocycles. The third-order valence-electron chi connectivity index (χ3n) is 8.61. The number of benzene rings is 1. The van der Waals surface area contributed by atoms with Gasteiger partial charge >= 0.3 is 0 Å². The first kappa shape index (κ1) is 27.9. The quantitative estimate of drug-likeness (QED) is 0.450. The lowest BCUT2D eigenvalue weighted by atomic mass is 10.0. The predicted molar refractivity (Wildman–Crippen MR) is 159 cm³/mol. The molecule has 1 atom stereocenters. The number of nitrogens with zero attached hydrogens (tertiary/aromatic N) is 9. The van der Waals surface area contributed by atoms with Gasteiger partial charge in [0.1, 0.15) is 17.5 Å². The zero-order valence-corrected chi connectivity index (χ0v) is 24.7. The van der Waals surface area contributed by atoms with Gasteiger partial charge in [-0.1, -0.05) is 25.0 Å². The third kappa shape index (κ3) is 5.13. The first-order chi connectivity index (χ1) is 20.4. The maximum absolute atomic E-state index is 13.2. The maximum atomic E-state index is 13.2. The molecular formula is C29H38N10O3. The lowest BCUT2D eigenvalue weighted by Crippen LogP contribution is -2.55. The van der Waals surface area contributed by atoms with Crippen molar-refractivity contribution in [2.24, 2.45) is 0 Å². The minimum Gasteiger partial charge on any atom is -0.494 e. The summed E-state index contributed by atoms with van der Waals surface area (Å²) in [6, 6.07) is 5.60. The lowest BCUT2D eigenvalue weighted by Gasteiger charge is -2.43. The van der Waals surface area contributed by atoms with Crippen LogP contribution in [0.25, 0.3) is 5.69 Å². The van der Waals surface area contributed by atoms with Crippen LogP contribution in [0.15, 0.2) is 30.6 Å². The number of aromatic nitrogens is 5. The Morgan fingerprint density at radius 3 is 2.60 bits per heavy atom. The van der Waals surface area contributed by atoms with E-state index in [4.69, 9.17) is 9.72 Å². The van der Waals surface area contributed by atoms with Crippen molar-refractivity contribution >= 4 is 35.0 Å². The number of carbonyl (C=O) groups is 2. The zero-order valence-electron chi connectivity index (χ0n) is 24.7. The van der Waals surface area contributed by atoms with Gasteiger partial charge in [0.25, 0.3) is 5.91 Å². The number of fused-ring (bicyclic) bond motifs is 1. The van der Waals surface area contributed by atoms with E-state index >= 15 is 0 Å². The van der Waals surface area contributed by atoms with E-state index in [9.17, 15) is 9.59 Å². The van der Waals surface area contributed by atoms with Gasteiger partial charge in [0, 0.05) is 45.3 Å². The highest BCUT2D eigenvalue weighted by Gasteiger charge is 2.41. The summed E-state index contributed by atoms with van der Waals surface area (Å²) in [5.41, 5.74) is 2.41. The summed E-state index contributed by atoms with van der Waals surface area (Å²) in [4.78, 5) is 43.5. The molecule has 0 bridgehead atoms. The molecule has 6 rings (SSSR count). The standard InChI is InChI=1S/C29H38N10O3/c1-5-23-28(41)36(3)24-17-30-29(32-26(24)39(23)19-8-6-7-9-19)31-21-11-10-20(16-25(21)42-4)38-18-22(33-34-38)27(40)37-14-12-35(2)13-15-37/h10-11,16-19,23H,5-9,12-15H2,1-4H3,(H,30,31,32). The fourth-order valence-corrected chi connectivity index (χ4v) is 6.15. The molecule has 42 heavy (non-hydrogen) atoms. The van der Waals surface area contributed by atoms with E-state index in [-0.39, 0.29) is 17.9 Å². The molecule has 0 radical (unpaired) electrons. The second kappa shape index (κ2) is 11.6. The number of nitrogens with one attached hydrogen (secondary N) is 1. The molecule has 4 heterocycles. The molecule has 1 saturated carbocycles. The van der Waals surface area contributed by atoms with Gasteiger partial charge in [-0.3, -0.25) is 9.59 Å². The molecule has 2 aromatic heterocycles. The molecule has 1 saturated heterocycles. The molecular weight excluding hydrogens is 536 g/mol. The minimum absolute atomic E-state index is 0.0833. The maximum Gasteiger partial charge on any atom is 0.276 e. The Morgan fingerprint density at radius 2 is 1.88 bits per heavy atom. The number of piperazine rings is 1. The number of methoxy groups -OCH3 is 1. The smallest absolute Gasteiger partial charge is 0.276 e. The Kier molecular flexibility index (Phi) is 7.67. The number of carbonyl (C=O) groups excluding carboxylic acids is 2. The van der Waals surface area contributed by atoms with Crippen molar-refractivity contribution in [3.05, 3.63) is 36.3 Å². The summed E-state index contributed by atoms with van der Waals surface area (Å²) in [5.74, 6) is 1.72. The van der Waals surface area contributed by atoms with Gasteiger partial charge < -0.3 is 29.7 Å². The van der Waals surface area contributed by atoms with Crippen LogP contribution < -0.4 is 19.9 Å². The summed E-state index contributed by atoms with van der Waals surface area (Å²) in [6.45, 7) is 5.07. The molecule has 222 valence electrons. The zero-order chi connectivity index (χ0) is 29.4. The van der Waals surface area contributed by atoms with Gasteiger partial charge in [0.05, 0.1) is 30.9 Å². The highest BCUT2D eigenvalue weighted by atomic mass is 16.5. The molecule has 1 unspecified atom stereocenters. The molecule has 13 nitrogen and oxygen atoms in total. The van der Waals surface area contributed by atoms with E-state index in [2.05, 4.69) is 44.4 Å². The Bertz CT molecular complexity index is 1460. The first-order valence-corrected chi connectivity index (χ1v) is 14.7. The SMILES string of the molecule is CCC1C(=O)N(C)c2cnc(Nc3ccc(-n4cc(C(=O)N5CCN(C)CC5)nn4)cc3OC)nc2N1C1CCCC1. The fraction of sp³-hybridized carbons (Fsp3) is 0.517. The number of amides is 2. The van der Waals surface area contributed by atoms with Crippen molar-refractivity contribution in [2.75, 3.05) is 62.5 Å².